The van der Waals surface area contributed by atoms with E-state index in [1.54, 1.807) is 30.8 Å². The molecule has 0 aliphatic heterocycles. The Morgan fingerprint density at radius 1 is 1.13 bits per heavy atom. The Labute approximate surface area is 180 Å². The Hall–Kier alpha value is -3.06. The predicted octanol–water partition coefficient (Wildman–Crippen LogP) is 4.84. The van der Waals surface area contributed by atoms with Gasteiger partial charge in [-0.25, -0.2) is 4.98 Å². The van der Waals surface area contributed by atoms with Crippen molar-refractivity contribution >= 4 is 17.2 Å². The predicted molar refractivity (Wildman–Crippen MR) is 117 cm³/mol. The molecule has 0 saturated carbocycles. The third-order valence-corrected chi connectivity index (χ3v) is 5.04. The molecule has 7 heteroatoms. The van der Waals surface area contributed by atoms with E-state index in [1.165, 1.54) is 11.3 Å². The fourth-order valence-electron chi connectivity index (χ4n) is 2.75. The molecule has 3 rings (SSSR count). The van der Waals surface area contributed by atoms with E-state index < -0.39 is 0 Å². The molecule has 6 nitrogen and oxygen atoms in total. The average Bonchev–Trinajstić information content (AvgIpc) is 3.30. The maximum absolute atomic E-state index is 12.6. The lowest BCUT2D eigenvalue weighted by molar-refractivity contribution is 0.0950. The van der Waals surface area contributed by atoms with Gasteiger partial charge in [-0.15, -0.1) is 11.3 Å². The van der Waals surface area contributed by atoms with Crippen LogP contribution in [0.1, 0.15) is 41.4 Å². The van der Waals surface area contributed by atoms with Gasteiger partial charge in [-0.2, -0.15) is 0 Å². The minimum atomic E-state index is -0.184. The summed E-state index contributed by atoms with van der Waals surface area (Å²) < 4.78 is 16.9. The molecule has 0 radical (unpaired) electrons. The molecule has 0 unspecified atom stereocenters. The number of amides is 1. The van der Waals surface area contributed by atoms with Crippen molar-refractivity contribution in [3.05, 3.63) is 70.2 Å². The second-order valence-electron chi connectivity index (χ2n) is 6.67. The molecule has 0 aliphatic rings. The number of carbonyl (C=O) groups is 1. The number of ether oxygens (including phenoxy) is 3. The second-order valence-corrected chi connectivity index (χ2v) is 7.38. The molecule has 0 atom stereocenters. The van der Waals surface area contributed by atoms with Gasteiger partial charge in [0.05, 0.1) is 24.9 Å². The zero-order valence-electron chi connectivity index (χ0n) is 17.2. The van der Waals surface area contributed by atoms with E-state index >= 15 is 0 Å². The zero-order chi connectivity index (χ0) is 21.2. The van der Waals surface area contributed by atoms with Crippen molar-refractivity contribution in [1.29, 1.82) is 0 Å². The van der Waals surface area contributed by atoms with Crippen LogP contribution in [0.3, 0.4) is 0 Å². The first kappa shape index (κ1) is 21.6. The van der Waals surface area contributed by atoms with Gasteiger partial charge in [-0.3, -0.25) is 4.79 Å². The molecule has 158 valence electrons. The van der Waals surface area contributed by atoms with E-state index in [-0.39, 0.29) is 5.91 Å². The number of hydrogen-bond donors (Lipinski definition) is 1. The van der Waals surface area contributed by atoms with Crippen molar-refractivity contribution in [2.75, 3.05) is 13.7 Å². The number of nitrogens with zero attached hydrogens (tertiary/aromatic N) is 1. The molecular formula is C23H26N2O4S. The number of unbranched alkanes of at least 4 members (excludes halogenated alkanes) is 1. The Balaban J connectivity index is 1.58. The van der Waals surface area contributed by atoms with Gasteiger partial charge in [0.2, 0.25) is 0 Å². The fraction of sp³-hybridized carbons (Fsp3) is 0.304. The Morgan fingerprint density at radius 3 is 2.80 bits per heavy atom. The second kappa shape index (κ2) is 11.2. The van der Waals surface area contributed by atoms with Crippen LogP contribution in [-0.4, -0.2) is 24.6 Å². The van der Waals surface area contributed by atoms with Crippen molar-refractivity contribution in [2.24, 2.45) is 0 Å². The molecular weight excluding hydrogens is 400 g/mol. The van der Waals surface area contributed by atoms with E-state index in [9.17, 15) is 4.79 Å². The van der Waals surface area contributed by atoms with E-state index in [1.807, 2.05) is 29.6 Å². The SMILES string of the molecule is CCCCOc1cccc(CNC(=O)c2ccc(OCc3cscn3)c(OC)c2)c1. The topological polar surface area (TPSA) is 69.7 Å². The van der Waals surface area contributed by atoms with Crippen LogP contribution >= 0.6 is 11.3 Å². The molecule has 0 aliphatic carbocycles. The summed E-state index contributed by atoms with van der Waals surface area (Å²) in [6.45, 7) is 3.59. The molecule has 2 aromatic carbocycles. The molecule has 0 spiro atoms. The monoisotopic (exact) mass is 426 g/mol. The van der Waals surface area contributed by atoms with Crippen molar-refractivity contribution < 1.29 is 19.0 Å². The van der Waals surface area contributed by atoms with Gasteiger partial charge >= 0.3 is 0 Å². The Morgan fingerprint density at radius 2 is 2.03 bits per heavy atom. The number of nitrogens with one attached hydrogen (secondary N) is 1. The highest BCUT2D eigenvalue weighted by Gasteiger charge is 2.12. The summed E-state index contributed by atoms with van der Waals surface area (Å²) in [6.07, 6.45) is 2.11. The van der Waals surface area contributed by atoms with Crippen LogP contribution in [0.5, 0.6) is 17.2 Å². The van der Waals surface area contributed by atoms with Crippen LogP contribution < -0.4 is 19.5 Å². The number of benzene rings is 2. The lowest BCUT2D eigenvalue weighted by Gasteiger charge is -2.12. The molecule has 3 aromatic rings. The highest BCUT2D eigenvalue weighted by molar-refractivity contribution is 7.07. The van der Waals surface area contributed by atoms with Crippen LogP contribution in [-0.2, 0) is 13.2 Å². The summed E-state index contributed by atoms with van der Waals surface area (Å²) in [5.74, 6) is 1.71. The van der Waals surface area contributed by atoms with E-state index in [0.717, 1.165) is 29.8 Å². The van der Waals surface area contributed by atoms with E-state index in [4.69, 9.17) is 14.2 Å². The maximum Gasteiger partial charge on any atom is 0.251 e. The molecule has 0 bridgehead atoms. The van der Waals surface area contributed by atoms with Crippen molar-refractivity contribution in [3.8, 4) is 17.2 Å². The average molecular weight is 427 g/mol. The summed E-state index contributed by atoms with van der Waals surface area (Å²) in [7, 11) is 1.55. The van der Waals surface area contributed by atoms with Gasteiger partial charge in [0.25, 0.3) is 5.91 Å². The van der Waals surface area contributed by atoms with Crippen molar-refractivity contribution in [3.63, 3.8) is 0 Å². The first-order valence-corrected chi connectivity index (χ1v) is 10.8. The highest BCUT2D eigenvalue weighted by Crippen LogP contribution is 2.29. The summed E-state index contributed by atoms with van der Waals surface area (Å²) >= 11 is 1.52. The van der Waals surface area contributed by atoms with Crippen LogP contribution in [0.4, 0.5) is 0 Å². The van der Waals surface area contributed by atoms with Gasteiger partial charge in [-0.1, -0.05) is 25.5 Å². The number of carbonyl (C=O) groups excluding carboxylic acids is 1. The normalized spacial score (nSPS) is 10.5. The third-order valence-electron chi connectivity index (χ3n) is 4.40. The first-order valence-electron chi connectivity index (χ1n) is 9.87. The van der Waals surface area contributed by atoms with Crippen LogP contribution in [0, 0.1) is 0 Å². The van der Waals surface area contributed by atoms with Gasteiger partial charge in [-0.05, 0) is 42.3 Å². The standard InChI is InChI=1S/C23H26N2O4S/c1-3-4-10-28-20-7-5-6-17(11-20)13-24-23(26)18-8-9-21(22(12-18)27-2)29-14-19-15-30-16-25-19/h5-9,11-12,15-16H,3-4,10,13-14H2,1-2H3,(H,24,26). The number of methoxy groups -OCH3 is 1. The van der Waals surface area contributed by atoms with Gasteiger partial charge in [0.1, 0.15) is 12.4 Å². The van der Waals surface area contributed by atoms with Crippen LogP contribution in [0.25, 0.3) is 0 Å². The summed E-state index contributed by atoms with van der Waals surface area (Å²) in [5, 5.41) is 4.86. The van der Waals surface area contributed by atoms with Gasteiger partial charge in [0, 0.05) is 17.5 Å². The van der Waals surface area contributed by atoms with E-state index in [2.05, 4.69) is 17.2 Å². The minimum absolute atomic E-state index is 0.184. The molecule has 1 N–H and O–H groups in total. The number of hydrogen-bond acceptors (Lipinski definition) is 6. The zero-order valence-corrected chi connectivity index (χ0v) is 18.0. The number of rotatable bonds is 11. The largest absolute Gasteiger partial charge is 0.494 e. The van der Waals surface area contributed by atoms with Gasteiger partial charge < -0.3 is 19.5 Å². The smallest absolute Gasteiger partial charge is 0.251 e. The maximum atomic E-state index is 12.6. The molecule has 0 saturated heterocycles. The minimum Gasteiger partial charge on any atom is -0.494 e. The molecule has 1 aromatic heterocycles. The summed E-state index contributed by atoms with van der Waals surface area (Å²) in [6, 6.07) is 12.9. The first-order chi connectivity index (χ1) is 14.7. The van der Waals surface area contributed by atoms with Crippen molar-refractivity contribution in [2.45, 2.75) is 32.9 Å². The van der Waals surface area contributed by atoms with Crippen molar-refractivity contribution in [1.82, 2.24) is 10.3 Å². The summed E-state index contributed by atoms with van der Waals surface area (Å²) in [5.41, 5.74) is 4.09. The molecule has 30 heavy (non-hydrogen) atoms. The van der Waals surface area contributed by atoms with Crippen LogP contribution in [0.2, 0.25) is 0 Å². The molecule has 1 heterocycles. The quantitative estimate of drug-likeness (QED) is 0.444. The Bertz CT molecular complexity index is 944. The Kier molecular flexibility index (Phi) is 8.09. The summed E-state index contributed by atoms with van der Waals surface area (Å²) in [4.78, 5) is 16.8. The molecule has 0 fully saturated rings. The van der Waals surface area contributed by atoms with Crippen LogP contribution in [0.15, 0.2) is 53.4 Å². The third kappa shape index (κ3) is 6.22. The molecule has 1 amide bonds. The highest BCUT2D eigenvalue weighted by atomic mass is 32.1. The lowest BCUT2D eigenvalue weighted by Crippen LogP contribution is -2.22. The number of aromatic nitrogens is 1. The fourth-order valence-corrected chi connectivity index (χ4v) is 3.30. The number of thiazole rings is 1. The lowest BCUT2D eigenvalue weighted by atomic mass is 10.1. The van der Waals surface area contributed by atoms with Gasteiger partial charge in [0.15, 0.2) is 11.5 Å². The van der Waals surface area contributed by atoms with E-state index in [0.29, 0.717) is 36.8 Å².